The number of halogens is 1. The van der Waals surface area contributed by atoms with E-state index in [1.54, 1.807) is 4.90 Å². The lowest BCUT2D eigenvalue weighted by Crippen LogP contribution is -2.49. The first kappa shape index (κ1) is 17.3. The van der Waals surface area contributed by atoms with Crippen LogP contribution < -0.4 is 9.64 Å². The van der Waals surface area contributed by atoms with Crippen LogP contribution >= 0.6 is 11.6 Å². The van der Waals surface area contributed by atoms with Crippen molar-refractivity contribution in [2.45, 2.75) is 6.61 Å². The third-order valence-corrected chi connectivity index (χ3v) is 4.20. The number of anilines is 1. The number of benzene rings is 1. The number of ether oxygens (including phenoxy) is 2. The number of methoxy groups -OCH3 is 1. The maximum atomic E-state index is 12.2. The molecule has 0 aliphatic carbocycles. The van der Waals surface area contributed by atoms with E-state index in [1.807, 2.05) is 35.2 Å². The summed E-state index contributed by atoms with van der Waals surface area (Å²) in [6.07, 6.45) is 1.21. The summed E-state index contributed by atoms with van der Waals surface area (Å²) in [7, 11) is 1.51. The summed E-state index contributed by atoms with van der Waals surface area (Å²) < 4.78 is 10.4. The number of rotatable bonds is 4. The Labute approximate surface area is 151 Å². The van der Waals surface area contributed by atoms with Crippen molar-refractivity contribution in [3.8, 4) is 6.01 Å². The van der Waals surface area contributed by atoms with Gasteiger partial charge in [-0.3, -0.25) is 0 Å². The van der Waals surface area contributed by atoms with Gasteiger partial charge in [0.1, 0.15) is 11.6 Å². The summed E-state index contributed by atoms with van der Waals surface area (Å²) in [5.41, 5.74) is 0.967. The van der Waals surface area contributed by atoms with Crippen LogP contribution in [0.15, 0.2) is 36.5 Å². The van der Waals surface area contributed by atoms with Crippen LogP contribution in [0.5, 0.6) is 6.01 Å². The van der Waals surface area contributed by atoms with E-state index in [-0.39, 0.29) is 18.7 Å². The van der Waals surface area contributed by atoms with E-state index in [0.717, 1.165) is 5.56 Å². The monoisotopic (exact) mass is 362 g/mol. The van der Waals surface area contributed by atoms with Crippen molar-refractivity contribution in [3.63, 3.8) is 0 Å². The van der Waals surface area contributed by atoms with Crippen LogP contribution in [0.2, 0.25) is 5.02 Å². The third kappa shape index (κ3) is 4.30. The van der Waals surface area contributed by atoms with Crippen molar-refractivity contribution in [2.75, 3.05) is 38.2 Å². The molecule has 8 heteroatoms. The molecule has 1 aliphatic rings. The molecule has 2 aromatic rings. The molecule has 0 bridgehead atoms. The van der Waals surface area contributed by atoms with Crippen LogP contribution in [0, 0.1) is 0 Å². The quantitative estimate of drug-likeness (QED) is 0.832. The van der Waals surface area contributed by atoms with Gasteiger partial charge in [0.15, 0.2) is 5.82 Å². The van der Waals surface area contributed by atoms with E-state index >= 15 is 0 Å². The number of hydrogen-bond acceptors (Lipinski definition) is 6. The number of hydrogen-bond donors (Lipinski definition) is 0. The molecule has 0 radical (unpaired) electrons. The molecular weight excluding hydrogens is 344 g/mol. The van der Waals surface area contributed by atoms with Gasteiger partial charge in [-0.15, -0.1) is 0 Å². The van der Waals surface area contributed by atoms with Crippen molar-refractivity contribution in [2.24, 2.45) is 0 Å². The van der Waals surface area contributed by atoms with Gasteiger partial charge in [0, 0.05) is 26.2 Å². The Balaban J connectivity index is 1.54. The Morgan fingerprint density at radius 1 is 1.20 bits per heavy atom. The molecule has 0 atom stereocenters. The lowest BCUT2D eigenvalue weighted by atomic mass is 10.2. The van der Waals surface area contributed by atoms with Crippen LogP contribution in [-0.4, -0.2) is 54.2 Å². The number of amides is 1. The predicted molar refractivity (Wildman–Crippen MR) is 94.0 cm³/mol. The van der Waals surface area contributed by atoms with E-state index in [0.29, 0.717) is 37.0 Å². The van der Waals surface area contributed by atoms with Gasteiger partial charge < -0.3 is 19.3 Å². The Hall–Kier alpha value is -2.54. The van der Waals surface area contributed by atoms with Crippen molar-refractivity contribution < 1.29 is 14.3 Å². The number of piperazine rings is 1. The molecule has 3 rings (SSSR count). The number of aromatic nitrogens is 2. The molecule has 25 heavy (non-hydrogen) atoms. The smallest absolute Gasteiger partial charge is 0.410 e. The molecule has 0 N–H and O–H groups in total. The van der Waals surface area contributed by atoms with Crippen molar-refractivity contribution in [3.05, 3.63) is 47.1 Å². The minimum Gasteiger partial charge on any atom is -0.467 e. The van der Waals surface area contributed by atoms with Gasteiger partial charge >= 0.3 is 12.1 Å². The number of carbonyl (C=O) groups is 1. The molecule has 1 fully saturated rings. The summed E-state index contributed by atoms with van der Waals surface area (Å²) in [5, 5.41) is 0.459. The first-order valence-corrected chi connectivity index (χ1v) is 8.32. The lowest BCUT2D eigenvalue weighted by molar-refractivity contribution is 0.0941. The predicted octanol–water partition coefficient (Wildman–Crippen LogP) is 2.60. The second kappa shape index (κ2) is 8.02. The van der Waals surface area contributed by atoms with Gasteiger partial charge in [-0.05, 0) is 5.56 Å². The average molecular weight is 363 g/mol. The Kier molecular flexibility index (Phi) is 5.55. The molecular formula is C17H19ClN4O3. The topological polar surface area (TPSA) is 67.8 Å². The fourth-order valence-electron chi connectivity index (χ4n) is 2.57. The average Bonchev–Trinajstić information content (AvgIpc) is 2.67. The van der Waals surface area contributed by atoms with Crippen LogP contribution in [0.4, 0.5) is 10.6 Å². The molecule has 1 aliphatic heterocycles. The molecule has 132 valence electrons. The zero-order chi connectivity index (χ0) is 17.6. The molecule has 7 nitrogen and oxygen atoms in total. The second-order valence-corrected chi connectivity index (χ2v) is 5.95. The van der Waals surface area contributed by atoms with E-state index in [2.05, 4.69) is 9.97 Å². The van der Waals surface area contributed by atoms with Crippen molar-refractivity contribution >= 4 is 23.5 Å². The zero-order valence-corrected chi connectivity index (χ0v) is 14.6. The molecule has 2 heterocycles. The van der Waals surface area contributed by atoms with Crippen molar-refractivity contribution in [1.82, 2.24) is 14.9 Å². The van der Waals surface area contributed by atoms with Gasteiger partial charge in [0.05, 0.1) is 13.3 Å². The first-order valence-electron chi connectivity index (χ1n) is 7.94. The maximum absolute atomic E-state index is 12.2. The standard InChI is InChI=1S/C17H19ClN4O3/c1-24-16-19-11-14(18)15(20-16)21-7-9-22(10-8-21)17(23)25-12-13-5-3-2-4-6-13/h2-6,11H,7-10,12H2,1H3. The molecule has 0 saturated carbocycles. The largest absolute Gasteiger partial charge is 0.467 e. The molecule has 0 spiro atoms. The van der Waals surface area contributed by atoms with Crippen LogP contribution in [0.25, 0.3) is 0 Å². The van der Waals surface area contributed by atoms with E-state index in [1.165, 1.54) is 13.3 Å². The first-order chi connectivity index (χ1) is 12.2. The molecule has 1 aromatic heterocycles. The third-order valence-electron chi connectivity index (χ3n) is 3.93. The summed E-state index contributed by atoms with van der Waals surface area (Å²) in [6, 6.07) is 9.89. The van der Waals surface area contributed by atoms with Gasteiger partial charge in [-0.25, -0.2) is 9.78 Å². The molecule has 1 saturated heterocycles. The van der Waals surface area contributed by atoms with Gasteiger partial charge in [0.2, 0.25) is 0 Å². The van der Waals surface area contributed by atoms with E-state index in [4.69, 9.17) is 21.1 Å². The second-order valence-electron chi connectivity index (χ2n) is 5.54. The van der Waals surface area contributed by atoms with Crippen LogP contribution in [0.1, 0.15) is 5.56 Å². The van der Waals surface area contributed by atoms with Gasteiger partial charge in [-0.1, -0.05) is 41.9 Å². The van der Waals surface area contributed by atoms with Crippen LogP contribution in [0.3, 0.4) is 0 Å². The Morgan fingerprint density at radius 2 is 1.92 bits per heavy atom. The van der Waals surface area contributed by atoms with Crippen LogP contribution in [-0.2, 0) is 11.3 Å². The fraction of sp³-hybridized carbons (Fsp3) is 0.353. The SMILES string of the molecule is COc1ncc(Cl)c(N2CCN(C(=O)OCc3ccccc3)CC2)n1. The summed E-state index contributed by atoms with van der Waals surface area (Å²) in [5.74, 6) is 0.616. The lowest BCUT2D eigenvalue weighted by Gasteiger charge is -2.35. The van der Waals surface area contributed by atoms with E-state index < -0.39 is 0 Å². The normalized spacial score (nSPS) is 14.3. The van der Waals surface area contributed by atoms with E-state index in [9.17, 15) is 4.79 Å². The summed E-state index contributed by atoms with van der Waals surface area (Å²) in [4.78, 5) is 24.1. The minimum atomic E-state index is -0.310. The van der Waals surface area contributed by atoms with Crippen molar-refractivity contribution in [1.29, 1.82) is 0 Å². The number of carbonyl (C=O) groups excluding carboxylic acids is 1. The Morgan fingerprint density at radius 3 is 2.60 bits per heavy atom. The van der Waals surface area contributed by atoms with Gasteiger partial charge in [0.25, 0.3) is 0 Å². The highest BCUT2D eigenvalue weighted by atomic mass is 35.5. The maximum Gasteiger partial charge on any atom is 0.410 e. The summed E-state index contributed by atoms with van der Waals surface area (Å²) in [6.45, 7) is 2.57. The Bertz CT molecular complexity index is 721. The minimum absolute atomic E-state index is 0.268. The number of nitrogens with zero attached hydrogens (tertiary/aromatic N) is 4. The highest BCUT2D eigenvalue weighted by Crippen LogP contribution is 2.25. The molecule has 0 unspecified atom stereocenters. The highest BCUT2D eigenvalue weighted by Gasteiger charge is 2.24. The summed E-state index contributed by atoms with van der Waals surface area (Å²) >= 11 is 6.18. The zero-order valence-electron chi connectivity index (χ0n) is 13.9. The fourth-order valence-corrected chi connectivity index (χ4v) is 2.78. The molecule has 1 amide bonds. The van der Waals surface area contributed by atoms with Gasteiger partial charge in [-0.2, -0.15) is 4.98 Å². The molecule has 1 aromatic carbocycles. The highest BCUT2D eigenvalue weighted by molar-refractivity contribution is 6.32.